The monoisotopic (exact) mass is 270 g/mol. The zero-order chi connectivity index (χ0) is 13.9. The lowest BCUT2D eigenvalue weighted by atomic mass is 10.3. The van der Waals surface area contributed by atoms with Crippen molar-refractivity contribution in [2.75, 3.05) is 19.0 Å². The van der Waals surface area contributed by atoms with E-state index in [-0.39, 0.29) is 6.01 Å². The molecule has 0 fully saturated rings. The van der Waals surface area contributed by atoms with E-state index in [1.165, 1.54) is 0 Å². The molecule has 0 unspecified atom stereocenters. The fourth-order valence-electron chi connectivity index (χ4n) is 1.88. The molecule has 2 aromatic heterocycles. The molecule has 2 heterocycles. The van der Waals surface area contributed by atoms with Gasteiger partial charge in [-0.3, -0.25) is 0 Å². The van der Waals surface area contributed by atoms with Gasteiger partial charge in [-0.25, -0.2) is 0 Å². The number of aromatic nitrogens is 5. The van der Waals surface area contributed by atoms with Crippen LogP contribution in [0.5, 0.6) is 6.01 Å². The lowest BCUT2D eigenvalue weighted by Gasteiger charge is -2.07. The van der Waals surface area contributed by atoms with Gasteiger partial charge in [0.2, 0.25) is 5.95 Å². The van der Waals surface area contributed by atoms with Crippen LogP contribution in [0.1, 0.15) is 6.92 Å². The topological polar surface area (TPSA) is 77.8 Å². The molecule has 7 heteroatoms. The second-order valence-corrected chi connectivity index (χ2v) is 4.04. The Morgan fingerprint density at radius 2 is 2.05 bits per heavy atom. The van der Waals surface area contributed by atoms with Gasteiger partial charge in [-0.05, 0) is 13.0 Å². The molecule has 0 amide bonds. The van der Waals surface area contributed by atoms with Crippen molar-refractivity contribution in [1.29, 1.82) is 0 Å². The lowest BCUT2D eigenvalue weighted by molar-refractivity contribution is 0.311. The molecule has 0 radical (unpaired) electrons. The van der Waals surface area contributed by atoms with Crippen molar-refractivity contribution in [2.45, 2.75) is 6.92 Å². The van der Waals surface area contributed by atoms with Crippen molar-refractivity contribution >= 4 is 16.9 Å². The third kappa shape index (κ3) is 2.13. The van der Waals surface area contributed by atoms with E-state index in [0.29, 0.717) is 18.5 Å². The Hall–Kier alpha value is -2.70. The molecule has 0 aliphatic heterocycles. The molecule has 3 aromatic rings. The predicted octanol–water partition coefficient (Wildman–Crippen LogP) is 1.65. The van der Waals surface area contributed by atoms with Crippen LogP contribution >= 0.6 is 0 Å². The van der Waals surface area contributed by atoms with Gasteiger partial charge in [0.1, 0.15) is 0 Å². The average molecular weight is 270 g/mol. The second kappa shape index (κ2) is 5.12. The van der Waals surface area contributed by atoms with Crippen LogP contribution in [0.3, 0.4) is 0 Å². The van der Waals surface area contributed by atoms with Gasteiger partial charge >= 0.3 is 6.01 Å². The molecule has 7 nitrogen and oxygen atoms in total. The van der Waals surface area contributed by atoms with Crippen molar-refractivity contribution in [3.63, 3.8) is 0 Å². The Balaban J connectivity index is 2.15. The minimum atomic E-state index is 0.279. The van der Waals surface area contributed by atoms with Crippen molar-refractivity contribution in [2.24, 2.45) is 0 Å². The van der Waals surface area contributed by atoms with Crippen molar-refractivity contribution in [3.8, 4) is 12.0 Å². The molecule has 0 saturated carbocycles. The third-order valence-corrected chi connectivity index (χ3v) is 2.77. The Morgan fingerprint density at radius 3 is 2.85 bits per heavy atom. The molecule has 20 heavy (non-hydrogen) atoms. The molecule has 3 rings (SSSR count). The number of hydrogen-bond acceptors (Lipinski definition) is 6. The zero-order valence-electron chi connectivity index (χ0n) is 11.2. The summed E-state index contributed by atoms with van der Waals surface area (Å²) in [6.07, 6.45) is 1.78. The average Bonchev–Trinajstić information content (AvgIpc) is 2.91. The Kier molecular flexibility index (Phi) is 3.16. The quantitative estimate of drug-likeness (QED) is 0.776. The Bertz CT molecular complexity index is 739. The molecule has 0 spiro atoms. The smallest absolute Gasteiger partial charge is 0.323 e. The molecular formula is C13H14N6O. The van der Waals surface area contributed by atoms with E-state index in [1.807, 2.05) is 31.2 Å². The predicted molar refractivity (Wildman–Crippen MR) is 75.2 cm³/mol. The Labute approximate surface area is 115 Å². The van der Waals surface area contributed by atoms with Gasteiger partial charge in [0, 0.05) is 12.4 Å². The second-order valence-electron chi connectivity index (χ2n) is 4.04. The van der Waals surface area contributed by atoms with Crippen LogP contribution in [-0.2, 0) is 0 Å². The molecular weight excluding hydrogens is 256 g/mol. The number of ether oxygens (including phenoxy) is 1. The first-order valence-corrected chi connectivity index (χ1v) is 6.31. The molecule has 1 aromatic carbocycles. The SMILES string of the molecule is CCOc1nc(NC)nc(-n2ncc3ccccc32)n1. The summed E-state index contributed by atoms with van der Waals surface area (Å²) >= 11 is 0. The standard InChI is InChI=1S/C13H14N6O/c1-3-20-13-17-11(14-2)16-12(18-13)19-10-7-5-4-6-9(10)8-15-19/h4-8H,3H2,1-2H3,(H,14,16,17,18). The first-order valence-electron chi connectivity index (χ1n) is 6.31. The largest absolute Gasteiger partial charge is 0.464 e. The van der Waals surface area contributed by atoms with Crippen LogP contribution < -0.4 is 10.1 Å². The highest BCUT2D eigenvalue weighted by molar-refractivity contribution is 5.79. The fraction of sp³-hybridized carbons (Fsp3) is 0.231. The maximum absolute atomic E-state index is 5.36. The lowest BCUT2D eigenvalue weighted by Crippen LogP contribution is -2.09. The van der Waals surface area contributed by atoms with Gasteiger partial charge in [-0.15, -0.1) is 0 Å². The van der Waals surface area contributed by atoms with Crippen molar-refractivity contribution in [3.05, 3.63) is 30.5 Å². The third-order valence-electron chi connectivity index (χ3n) is 2.77. The van der Waals surface area contributed by atoms with Gasteiger partial charge in [0.05, 0.1) is 18.3 Å². The zero-order valence-corrected chi connectivity index (χ0v) is 11.2. The van der Waals surface area contributed by atoms with Crippen LogP contribution in [0.15, 0.2) is 30.5 Å². The van der Waals surface area contributed by atoms with Gasteiger partial charge in [-0.2, -0.15) is 24.7 Å². The van der Waals surface area contributed by atoms with Gasteiger partial charge in [0.25, 0.3) is 5.95 Å². The highest BCUT2D eigenvalue weighted by atomic mass is 16.5. The number of anilines is 1. The van der Waals surface area contributed by atoms with E-state index in [0.717, 1.165) is 10.9 Å². The van der Waals surface area contributed by atoms with Crippen LogP contribution in [-0.4, -0.2) is 38.4 Å². The van der Waals surface area contributed by atoms with Crippen LogP contribution in [0, 0.1) is 0 Å². The number of nitrogens with one attached hydrogen (secondary N) is 1. The maximum Gasteiger partial charge on any atom is 0.323 e. The van der Waals surface area contributed by atoms with Gasteiger partial charge < -0.3 is 10.1 Å². The fourth-order valence-corrected chi connectivity index (χ4v) is 1.88. The number of hydrogen-bond donors (Lipinski definition) is 1. The first kappa shape index (κ1) is 12.3. The highest BCUT2D eigenvalue weighted by Gasteiger charge is 2.11. The minimum Gasteiger partial charge on any atom is -0.464 e. The summed E-state index contributed by atoms with van der Waals surface area (Å²) in [5, 5.41) is 8.24. The summed E-state index contributed by atoms with van der Waals surface area (Å²) in [5.74, 6) is 0.868. The van der Waals surface area contributed by atoms with E-state index < -0.39 is 0 Å². The minimum absolute atomic E-state index is 0.279. The molecule has 102 valence electrons. The van der Waals surface area contributed by atoms with E-state index in [9.17, 15) is 0 Å². The Morgan fingerprint density at radius 1 is 1.20 bits per heavy atom. The van der Waals surface area contributed by atoms with Crippen LogP contribution in [0.4, 0.5) is 5.95 Å². The summed E-state index contributed by atoms with van der Waals surface area (Å²) in [4.78, 5) is 12.7. The molecule has 0 aliphatic carbocycles. The van der Waals surface area contributed by atoms with Crippen molar-refractivity contribution < 1.29 is 4.74 Å². The van der Waals surface area contributed by atoms with Gasteiger partial charge in [-0.1, -0.05) is 18.2 Å². The van der Waals surface area contributed by atoms with Gasteiger partial charge in [0.15, 0.2) is 0 Å². The number of benzene rings is 1. The van der Waals surface area contributed by atoms with Crippen LogP contribution in [0.2, 0.25) is 0 Å². The summed E-state index contributed by atoms with van der Waals surface area (Å²) < 4.78 is 7.02. The molecule has 1 N–H and O–H groups in total. The summed E-state index contributed by atoms with van der Waals surface area (Å²) in [7, 11) is 1.75. The molecule has 0 bridgehead atoms. The molecule has 0 saturated heterocycles. The summed E-state index contributed by atoms with van der Waals surface area (Å²) in [6.45, 7) is 2.37. The van der Waals surface area contributed by atoms with E-state index in [4.69, 9.17) is 4.74 Å². The number of nitrogens with zero attached hydrogens (tertiary/aromatic N) is 5. The van der Waals surface area contributed by atoms with Crippen molar-refractivity contribution in [1.82, 2.24) is 24.7 Å². The molecule has 0 aliphatic rings. The normalized spacial score (nSPS) is 10.7. The van der Waals surface area contributed by atoms with E-state index in [1.54, 1.807) is 17.9 Å². The summed E-state index contributed by atoms with van der Waals surface area (Å²) in [5.41, 5.74) is 0.934. The molecule has 0 atom stereocenters. The number of rotatable bonds is 4. The highest BCUT2D eigenvalue weighted by Crippen LogP contribution is 2.17. The number of para-hydroxylation sites is 1. The van der Waals surface area contributed by atoms with E-state index in [2.05, 4.69) is 25.4 Å². The van der Waals surface area contributed by atoms with Crippen LogP contribution in [0.25, 0.3) is 16.9 Å². The first-order chi connectivity index (χ1) is 9.81. The van der Waals surface area contributed by atoms with E-state index >= 15 is 0 Å². The summed E-state index contributed by atoms with van der Waals surface area (Å²) in [6, 6.07) is 8.14. The maximum atomic E-state index is 5.36. The number of fused-ring (bicyclic) bond motifs is 1.